The van der Waals surface area contributed by atoms with Crippen molar-refractivity contribution < 1.29 is 14.7 Å². The summed E-state index contributed by atoms with van der Waals surface area (Å²) in [5.74, 6) is 2.03. The van der Waals surface area contributed by atoms with Crippen molar-refractivity contribution in [2.45, 2.75) is 57.2 Å². The zero-order valence-electron chi connectivity index (χ0n) is 17.6. The van der Waals surface area contributed by atoms with Gasteiger partial charge in [-0.2, -0.15) is 11.8 Å². The average Bonchev–Trinajstić information content (AvgIpc) is 3.48. The van der Waals surface area contributed by atoms with Gasteiger partial charge in [-0.05, 0) is 43.1 Å². The van der Waals surface area contributed by atoms with E-state index in [0.29, 0.717) is 18.8 Å². The van der Waals surface area contributed by atoms with E-state index in [2.05, 4.69) is 25.9 Å². The molecule has 2 aliphatic rings. The highest BCUT2D eigenvalue weighted by Crippen LogP contribution is 2.35. The third kappa shape index (κ3) is 5.62. The van der Waals surface area contributed by atoms with Gasteiger partial charge in [-0.1, -0.05) is 11.3 Å². The fourth-order valence-electron chi connectivity index (χ4n) is 4.20. The summed E-state index contributed by atoms with van der Waals surface area (Å²) in [6.07, 6.45) is 7.33. The SMILES string of the molecule is CC(=O)Nc1ccc(CNC(=O)C2CCC(n3cc(CC4(O)CCSC4)nn3)C2)cn1. The zero-order valence-corrected chi connectivity index (χ0v) is 18.4. The van der Waals surface area contributed by atoms with Crippen molar-refractivity contribution in [2.24, 2.45) is 5.92 Å². The first kappa shape index (κ1) is 21.8. The number of thioether (sulfide) groups is 1. The fraction of sp³-hybridized carbons (Fsp3) is 0.571. The predicted octanol–water partition coefficient (Wildman–Crippen LogP) is 1.70. The van der Waals surface area contributed by atoms with E-state index in [1.54, 1.807) is 24.0 Å². The molecule has 3 heterocycles. The normalized spacial score (nSPS) is 25.5. The minimum absolute atomic E-state index is 0.0334. The highest BCUT2D eigenvalue weighted by molar-refractivity contribution is 7.99. The van der Waals surface area contributed by atoms with Gasteiger partial charge in [-0.3, -0.25) is 9.59 Å². The Labute approximate surface area is 185 Å². The molecule has 2 fully saturated rings. The largest absolute Gasteiger partial charge is 0.389 e. The lowest BCUT2D eigenvalue weighted by Gasteiger charge is -2.19. The van der Waals surface area contributed by atoms with Crippen molar-refractivity contribution in [3.8, 4) is 0 Å². The Balaban J connectivity index is 1.26. The van der Waals surface area contributed by atoms with Gasteiger partial charge in [0.1, 0.15) is 5.82 Å². The van der Waals surface area contributed by atoms with Crippen LogP contribution in [-0.2, 0) is 22.6 Å². The molecule has 166 valence electrons. The molecule has 1 aliphatic carbocycles. The first-order chi connectivity index (χ1) is 14.9. The molecular weight excluding hydrogens is 416 g/mol. The van der Waals surface area contributed by atoms with E-state index in [1.165, 1.54) is 6.92 Å². The summed E-state index contributed by atoms with van der Waals surface area (Å²) in [5, 5.41) is 24.7. The van der Waals surface area contributed by atoms with E-state index in [-0.39, 0.29) is 23.8 Å². The Morgan fingerprint density at radius 1 is 1.35 bits per heavy atom. The van der Waals surface area contributed by atoms with Crippen LogP contribution in [0.25, 0.3) is 0 Å². The van der Waals surface area contributed by atoms with E-state index in [4.69, 9.17) is 0 Å². The van der Waals surface area contributed by atoms with Gasteiger partial charge in [0, 0.05) is 44.0 Å². The molecule has 0 bridgehead atoms. The Kier molecular flexibility index (Phi) is 6.57. The molecule has 3 N–H and O–H groups in total. The van der Waals surface area contributed by atoms with Crippen LogP contribution < -0.4 is 10.6 Å². The summed E-state index contributed by atoms with van der Waals surface area (Å²) in [7, 11) is 0. The van der Waals surface area contributed by atoms with Crippen molar-refractivity contribution in [1.29, 1.82) is 0 Å². The quantitative estimate of drug-likeness (QED) is 0.594. The second-order valence-corrected chi connectivity index (χ2v) is 9.61. The number of hydrogen-bond donors (Lipinski definition) is 3. The number of hydrogen-bond acceptors (Lipinski definition) is 7. The number of anilines is 1. The van der Waals surface area contributed by atoms with Crippen molar-refractivity contribution in [1.82, 2.24) is 25.3 Å². The molecule has 2 aromatic heterocycles. The molecule has 9 nitrogen and oxygen atoms in total. The van der Waals surface area contributed by atoms with Crippen LogP contribution in [0.4, 0.5) is 5.82 Å². The molecule has 31 heavy (non-hydrogen) atoms. The fourth-order valence-corrected chi connectivity index (χ4v) is 5.49. The van der Waals surface area contributed by atoms with Crippen LogP contribution >= 0.6 is 11.8 Å². The van der Waals surface area contributed by atoms with Crippen LogP contribution in [0.2, 0.25) is 0 Å². The number of carbonyl (C=O) groups is 2. The van der Waals surface area contributed by atoms with Crippen LogP contribution in [0.5, 0.6) is 0 Å². The number of rotatable bonds is 7. The van der Waals surface area contributed by atoms with Gasteiger partial charge in [-0.25, -0.2) is 9.67 Å². The first-order valence-electron chi connectivity index (χ1n) is 10.6. The number of amides is 2. The molecule has 1 saturated carbocycles. The molecule has 3 atom stereocenters. The number of aromatic nitrogens is 4. The maximum Gasteiger partial charge on any atom is 0.223 e. The van der Waals surface area contributed by atoms with Crippen LogP contribution in [-0.4, -0.2) is 54.0 Å². The lowest BCUT2D eigenvalue weighted by atomic mass is 9.98. The second-order valence-electron chi connectivity index (χ2n) is 8.51. The number of nitrogens with zero attached hydrogens (tertiary/aromatic N) is 4. The Morgan fingerprint density at radius 3 is 2.94 bits per heavy atom. The summed E-state index contributed by atoms with van der Waals surface area (Å²) < 4.78 is 1.86. The highest BCUT2D eigenvalue weighted by Gasteiger charge is 2.34. The molecule has 0 spiro atoms. The lowest BCUT2D eigenvalue weighted by molar-refractivity contribution is -0.125. The second kappa shape index (κ2) is 9.35. The summed E-state index contributed by atoms with van der Waals surface area (Å²) in [6.45, 7) is 1.83. The number of aliphatic hydroxyl groups is 1. The molecule has 2 aromatic rings. The van der Waals surface area contributed by atoms with Crippen LogP contribution in [0.1, 0.15) is 49.9 Å². The number of nitrogens with one attached hydrogen (secondary N) is 2. The average molecular weight is 445 g/mol. The summed E-state index contributed by atoms with van der Waals surface area (Å²) in [5.41, 5.74) is 1.02. The van der Waals surface area contributed by atoms with Gasteiger partial charge >= 0.3 is 0 Å². The first-order valence-corrected chi connectivity index (χ1v) is 11.8. The van der Waals surface area contributed by atoms with Crippen LogP contribution in [0, 0.1) is 5.92 Å². The van der Waals surface area contributed by atoms with Gasteiger partial charge in [-0.15, -0.1) is 5.10 Å². The van der Waals surface area contributed by atoms with E-state index in [0.717, 1.165) is 48.4 Å². The molecule has 4 rings (SSSR count). The van der Waals surface area contributed by atoms with Crippen molar-refractivity contribution in [2.75, 3.05) is 16.8 Å². The Hall–Kier alpha value is -2.46. The standard InChI is InChI=1S/C21H28N6O3S/c1-14(28)24-19-5-2-15(10-22-19)11-23-20(29)16-3-4-18(8-16)27-12-17(25-26-27)9-21(30)6-7-31-13-21/h2,5,10,12,16,18,30H,3-4,6-9,11,13H2,1H3,(H,23,29)(H,22,24,28). The smallest absolute Gasteiger partial charge is 0.223 e. The molecule has 0 aromatic carbocycles. The van der Waals surface area contributed by atoms with Gasteiger partial charge in [0.05, 0.1) is 17.3 Å². The summed E-state index contributed by atoms with van der Waals surface area (Å²) in [4.78, 5) is 27.8. The Bertz CT molecular complexity index is 925. The third-order valence-electron chi connectivity index (χ3n) is 5.90. The Morgan fingerprint density at radius 2 is 2.23 bits per heavy atom. The monoisotopic (exact) mass is 444 g/mol. The number of carbonyl (C=O) groups excluding carboxylic acids is 2. The van der Waals surface area contributed by atoms with Gasteiger partial charge < -0.3 is 15.7 Å². The summed E-state index contributed by atoms with van der Waals surface area (Å²) >= 11 is 1.77. The maximum absolute atomic E-state index is 12.6. The maximum atomic E-state index is 12.6. The van der Waals surface area contributed by atoms with E-state index in [9.17, 15) is 14.7 Å². The topological polar surface area (TPSA) is 122 Å². The van der Waals surface area contributed by atoms with Crippen LogP contribution in [0.3, 0.4) is 0 Å². The minimum atomic E-state index is -0.668. The van der Waals surface area contributed by atoms with Crippen molar-refractivity contribution in [3.05, 3.63) is 35.8 Å². The van der Waals surface area contributed by atoms with Gasteiger partial charge in [0.25, 0.3) is 0 Å². The molecular formula is C21H28N6O3S. The van der Waals surface area contributed by atoms with E-state index < -0.39 is 5.60 Å². The van der Waals surface area contributed by atoms with E-state index in [1.807, 2.05) is 16.9 Å². The van der Waals surface area contributed by atoms with Gasteiger partial charge in [0.15, 0.2) is 0 Å². The summed E-state index contributed by atoms with van der Waals surface area (Å²) in [6, 6.07) is 3.71. The predicted molar refractivity (Wildman–Crippen MR) is 117 cm³/mol. The minimum Gasteiger partial charge on any atom is -0.389 e. The van der Waals surface area contributed by atoms with Crippen molar-refractivity contribution in [3.63, 3.8) is 0 Å². The molecule has 10 heteroatoms. The molecule has 1 aliphatic heterocycles. The highest BCUT2D eigenvalue weighted by atomic mass is 32.2. The molecule has 2 amide bonds. The molecule has 3 unspecified atom stereocenters. The van der Waals surface area contributed by atoms with E-state index >= 15 is 0 Å². The lowest BCUT2D eigenvalue weighted by Crippen LogP contribution is -2.31. The zero-order chi connectivity index (χ0) is 21.8. The van der Waals surface area contributed by atoms with Gasteiger partial charge in [0.2, 0.25) is 11.8 Å². The molecule has 0 radical (unpaired) electrons. The molecule has 1 saturated heterocycles. The number of pyridine rings is 1. The third-order valence-corrected chi connectivity index (χ3v) is 7.13. The van der Waals surface area contributed by atoms with Crippen LogP contribution in [0.15, 0.2) is 24.5 Å². The van der Waals surface area contributed by atoms with Crippen molar-refractivity contribution >= 4 is 29.4 Å².